The number of nitrogens with two attached hydrogens (primary N) is 2. The summed E-state index contributed by atoms with van der Waals surface area (Å²) < 4.78 is 5.77. The topological polar surface area (TPSA) is 170 Å². The van der Waals surface area contributed by atoms with E-state index < -0.39 is 47.4 Å². The molecule has 0 radical (unpaired) electrons. The van der Waals surface area contributed by atoms with Crippen LogP contribution < -0.4 is 26.8 Å². The largest absolute Gasteiger partial charge is 0.478 e. The van der Waals surface area contributed by atoms with Gasteiger partial charge >= 0.3 is 0 Å². The van der Waals surface area contributed by atoms with E-state index in [4.69, 9.17) is 16.2 Å². The number of carbonyl (C=O) groups excluding carboxylic acids is 4. The number of hydrogen-bond acceptors (Lipinski definition) is 7. The van der Waals surface area contributed by atoms with E-state index in [1.165, 1.54) is 12.4 Å². The van der Waals surface area contributed by atoms with Gasteiger partial charge in [-0.3, -0.25) is 24.2 Å². The molecule has 11 heteroatoms. The Bertz CT molecular complexity index is 1160. The molecular formula is C26H34N6O5. The molecule has 11 nitrogen and oxygen atoms in total. The monoisotopic (exact) mass is 510 g/mol. The van der Waals surface area contributed by atoms with Crippen LogP contribution in [0.25, 0.3) is 0 Å². The summed E-state index contributed by atoms with van der Waals surface area (Å²) in [4.78, 5) is 57.8. The fraction of sp³-hybridized carbons (Fsp3) is 0.577. The lowest BCUT2D eigenvalue weighted by Gasteiger charge is -2.35. The SMILES string of the molecule is CC(C)(C)[C@H](N)C(=O)N1C[C@H]2[C@@H]([C@H]1C(=O)N[C@@H](C[C@@H]1Oc3ccncc3NC1=O)C(N)=O)[C@H]1C=C[C@@H]2C1. The molecule has 4 aliphatic rings. The van der Waals surface area contributed by atoms with Crippen molar-refractivity contribution in [3.8, 4) is 5.75 Å². The maximum Gasteiger partial charge on any atom is 0.265 e. The number of allylic oxidation sites excluding steroid dienone is 2. The number of likely N-dealkylation sites (tertiary alicyclic amines) is 1. The van der Waals surface area contributed by atoms with E-state index in [0.717, 1.165) is 6.42 Å². The van der Waals surface area contributed by atoms with Crippen molar-refractivity contribution in [2.75, 3.05) is 11.9 Å². The van der Waals surface area contributed by atoms with Crippen LogP contribution in [0.5, 0.6) is 5.75 Å². The van der Waals surface area contributed by atoms with Crippen LogP contribution in [0.2, 0.25) is 0 Å². The molecule has 4 amide bonds. The van der Waals surface area contributed by atoms with Crippen molar-refractivity contribution in [3.63, 3.8) is 0 Å². The molecule has 0 spiro atoms. The van der Waals surface area contributed by atoms with E-state index in [1.807, 2.05) is 20.8 Å². The van der Waals surface area contributed by atoms with Gasteiger partial charge in [0.15, 0.2) is 6.10 Å². The quantitative estimate of drug-likeness (QED) is 0.395. The highest BCUT2D eigenvalue weighted by Crippen LogP contribution is 2.54. The molecule has 1 aromatic rings. The molecule has 5 rings (SSSR count). The van der Waals surface area contributed by atoms with Gasteiger partial charge in [-0.2, -0.15) is 0 Å². The van der Waals surface area contributed by atoms with Crippen LogP contribution in [0.4, 0.5) is 5.69 Å². The molecule has 2 bridgehead atoms. The molecule has 6 N–H and O–H groups in total. The van der Waals surface area contributed by atoms with Crippen LogP contribution in [-0.4, -0.2) is 64.3 Å². The average Bonchev–Trinajstić information content (AvgIpc) is 3.55. The van der Waals surface area contributed by atoms with Gasteiger partial charge in [-0.1, -0.05) is 32.9 Å². The lowest BCUT2D eigenvalue weighted by atomic mass is 9.81. The number of hydrogen-bond donors (Lipinski definition) is 4. The lowest BCUT2D eigenvalue weighted by molar-refractivity contribution is -0.143. The van der Waals surface area contributed by atoms with Crippen molar-refractivity contribution in [2.45, 2.75) is 57.8 Å². The summed E-state index contributed by atoms with van der Waals surface area (Å²) in [6.07, 6.45) is 7.05. The number of ether oxygens (including phenoxy) is 1. The third kappa shape index (κ3) is 4.45. The Labute approximate surface area is 215 Å². The molecule has 198 valence electrons. The van der Waals surface area contributed by atoms with Crippen LogP contribution in [-0.2, 0) is 19.2 Å². The van der Waals surface area contributed by atoms with Crippen LogP contribution in [0.3, 0.4) is 0 Å². The molecule has 2 fully saturated rings. The van der Waals surface area contributed by atoms with Crippen molar-refractivity contribution in [3.05, 3.63) is 30.6 Å². The summed E-state index contributed by atoms with van der Waals surface area (Å²) in [5, 5.41) is 5.43. The summed E-state index contributed by atoms with van der Waals surface area (Å²) in [5.74, 6) is -1.00. The minimum Gasteiger partial charge on any atom is -0.478 e. The Hall–Kier alpha value is -3.47. The first-order chi connectivity index (χ1) is 17.5. The van der Waals surface area contributed by atoms with Crippen molar-refractivity contribution < 1.29 is 23.9 Å². The first kappa shape index (κ1) is 25.2. The number of anilines is 1. The molecule has 0 unspecified atom stereocenters. The van der Waals surface area contributed by atoms with Gasteiger partial charge in [-0.25, -0.2) is 0 Å². The Kier molecular flexibility index (Phi) is 6.21. The second-order valence-electron chi connectivity index (χ2n) is 11.6. The minimum absolute atomic E-state index is 0.0618. The third-order valence-electron chi connectivity index (χ3n) is 8.26. The van der Waals surface area contributed by atoms with Crippen molar-refractivity contribution in [1.29, 1.82) is 0 Å². The van der Waals surface area contributed by atoms with E-state index in [0.29, 0.717) is 23.9 Å². The number of amides is 4. The maximum atomic E-state index is 13.8. The number of carbonyl (C=O) groups is 4. The minimum atomic E-state index is -1.17. The fourth-order valence-corrected chi connectivity index (χ4v) is 6.20. The molecule has 37 heavy (non-hydrogen) atoms. The predicted octanol–water partition coefficient (Wildman–Crippen LogP) is 0.164. The standard InChI is InChI=1S/C26H34N6O5/c1-26(2,3)21(27)25(36)32-11-14-12-4-5-13(8-12)19(14)20(32)24(35)30-15(22(28)33)9-18-23(34)31-16-10-29-7-6-17(16)37-18/h4-7,10,12-15,18-21H,8-9,11,27H2,1-3H3,(H2,28,33)(H,30,35)(H,31,34)/t12-,13+,14-,15+,18+,19+,20+,21-/m1/s1. The highest BCUT2D eigenvalue weighted by atomic mass is 16.5. The molecule has 3 heterocycles. The maximum absolute atomic E-state index is 13.8. The third-order valence-corrected chi connectivity index (χ3v) is 8.26. The van der Waals surface area contributed by atoms with E-state index in [-0.39, 0.29) is 30.1 Å². The zero-order chi connectivity index (χ0) is 26.6. The highest BCUT2D eigenvalue weighted by Gasteiger charge is 2.58. The van der Waals surface area contributed by atoms with Crippen LogP contribution in [0.1, 0.15) is 33.6 Å². The van der Waals surface area contributed by atoms with Gasteiger partial charge in [0.25, 0.3) is 5.91 Å². The molecular weight excluding hydrogens is 476 g/mol. The van der Waals surface area contributed by atoms with Crippen molar-refractivity contribution in [2.24, 2.45) is 40.6 Å². The fourth-order valence-electron chi connectivity index (χ4n) is 6.20. The Morgan fingerprint density at radius 1 is 1.27 bits per heavy atom. The van der Waals surface area contributed by atoms with Crippen molar-refractivity contribution >= 4 is 29.3 Å². The number of primary amides is 1. The molecule has 0 aromatic carbocycles. The van der Waals surface area contributed by atoms with E-state index in [2.05, 4.69) is 27.8 Å². The van der Waals surface area contributed by atoms with E-state index >= 15 is 0 Å². The number of fused-ring (bicyclic) bond motifs is 6. The summed E-state index contributed by atoms with van der Waals surface area (Å²) >= 11 is 0. The van der Waals surface area contributed by atoms with Gasteiger partial charge in [0.05, 0.1) is 12.2 Å². The zero-order valence-corrected chi connectivity index (χ0v) is 21.2. The Balaban J connectivity index is 1.36. The lowest BCUT2D eigenvalue weighted by Crippen LogP contribution is -2.59. The summed E-state index contributed by atoms with van der Waals surface area (Å²) in [6.45, 7) is 6.11. The van der Waals surface area contributed by atoms with Crippen molar-refractivity contribution in [1.82, 2.24) is 15.2 Å². The predicted molar refractivity (Wildman–Crippen MR) is 134 cm³/mol. The molecule has 1 aromatic heterocycles. The molecule has 2 aliphatic heterocycles. The number of rotatable bonds is 6. The molecule has 1 saturated heterocycles. The van der Waals surface area contributed by atoms with E-state index in [1.54, 1.807) is 11.0 Å². The number of nitrogens with zero attached hydrogens (tertiary/aromatic N) is 2. The number of pyridine rings is 1. The Morgan fingerprint density at radius 2 is 2.00 bits per heavy atom. The van der Waals surface area contributed by atoms with Gasteiger partial charge in [0.1, 0.15) is 23.5 Å². The number of aromatic nitrogens is 1. The van der Waals surface area contributed by atoms with Gasteiger partial charge in [-0.05, 0) is 35.5 Å². The molecule has 1 saturated carbocycles. The van der Waals surface area contributed by atoms with Crippen LogP contribution in [0, 0.1) is 29.1 Å². The summed E-state index contributed by atoms with van der Waals surface area (Å²) in [7, 11) is 0. The van der Waals surface area contributed by atoms with Gasteiger partial charge in [0.2, 0.25) is 17.7 Å². The molecule has 2 aliphatic carbocycles. The highest BCUT2D eigenvalue weighted by molar-refractivity contribution is 5.98. The second kappa shape index (κ2) is 9.13. The summed E-state index contributed by atoms with van der Waals surface area (Å²) in [5.41, 5.74) is 11.9. The smallest absolute Gasteiger partial charge is 0.265 e. The van der Waals surface area contributed by atoms with Crippen LogP contribution >= 0.6 is 0 Å². The Morgan fingerprint density at radius 3 is 2.70 bits per heavy atom. The second-order valence-corrected chi connectivity index (χ2v) is 11.6. The van der Waals surface area contributed by atoms with Gasteiger partial charge < -0.3 is 31.7 Å². The summed E-state index contributed by atoms with van der Waals surface area (Å²) in [6, 6.07) is -1.13. The number of nitrogens with one attached hydrogen (secondary N) is 2. The van der Waals surface area contributed by atoms with Gasteiger partial charge in [0, 0.05) is 25.2 Å². The van der Waals surface area contributed by atoms with Gasteiger partial charge in [-0.15, -0.1) is 0 Å². The van der Waals surface area contributed by atoms with E-state index in [9.17, 15) is 19.2 Å². The average molecular weight is 511 g/mol. The van der Waals surface area contributed by atoms with Crippen LogP contribution in [0.15, 0.2) is 30.6 Å². The normalized spacial score (nSPS) is 31.1. The first-order valence-corrected chi connectivity index (χ1v) is 12.7. The zero-order valence-electron chi connectivity index (χ0n) is 21.2. The molecule has 8 atom stereocenters. The first-order valence-electron chi connectivity index (χ1n) is 12.7.